The first-order valence-electron chi connectivity index (χ1n) is 2.79. The smallest absolute Gasteiger partial charge is 0.449 e. The highest BCUT2D eigenvalue weighted by Crippen LogP contribution is 2.37. The summed E-state index contributed by atoms with van der Waals surface area (Å²) in [4.78, 5) is 0. The van der Waals surface area contributed by atoms with E-state index in [1.165, 1.54) is 12.1 Å². The van der Waals surface area contributed by atoms with Gasteiger partial charge in [0.25, 0.3) is 0 Å². The van der Waals surface area contributed by atoms with Crippen LogP contribution < -0.4 is 0 Å². The summed E-state index contributed by atoms with van der Waals surface area (Å²) in [6, 6.07) is 2.79. The zero-order chi connectivity index (χ0) is 8.48. The Morgan fingerprint density at radius 3 is 2.36 bits per heavy atom. The van der Waals surface area contributed by atoms with Gasteiger partial charge in [-0.25, -0.2) is 0 Å². The number of hydrogen-bond acceptors (Lipinski definition) is 2. The number of alkyl halides is 3. The molecule has 5 heteroatoms. The lowest BCUT2D eigenvalue weighted by atomic mass is 10.5. The maximum Gasteiger partial charge on any atom is 0.449 e. The molecule has 0 radical (unpaired) electrons. The summed E-state index contributed by atoms with van der Waals surface area (Å²) in [5.74, 6) is 0.483. The molecular formula is C6H5F3OS. The Balaban J connectivity index is 2.65. The Bertz CT molecular complexity index is 240. The van der Waals surface area contributed by atoms with Gasteiger partial charge in [0.2, 0.25) is 0 Å². The van der Waals surface area contributed by atoms with Crippen molar-refractivity contribution in [3.8, 4) is 0 Å². The van der Waals surface area contributed by atoms with Crippen molar-refractivity contribution in [2.24, 2.45) is 0 Å². The standard InChI is InChI=1S/C6H5F3OS/c1-4-2-3-5(10-4)11-6(7,8)9/h2-3H,1H3. The zero-order valence-electron chi connectivity index (χ0n) is 5.61. The minimum absolute atomic E-state index is 0.116. The topological polar surface area (TPSA) is 13.1 Å². The summed E-state index contributed by atoms with van der Waals surface area (Å²) in [5.41, 5.74) is -4.26. The molecule has 0 amide bonds. The predicted octanol–water partition coefficient (Wildman–Crippen LogP) is 3.20. The second-order valence-corrected chi connectivity index (χ2v) is 2.98. The quantitative estimate of drug-likeness (QED) is 0.618. The Hall–Kier alpha value is -0.580. The first kappa shape index (κ1) is 8.52. The lowest BCUT2D eigenvalue weighted by Gasteiger charge is -2.00. The van der Waals surface area contributed by atoms with E-state index in [1.807, 2.05) is 0 Å². The first-order chi connectivity index (χ1) is 4.97. The molecule has 0 aliphatic heterocycles. The molecule has 0 aromatic carbocycles. The van der Waals surface area contributed by atoms with Crippen LogP contribution in [0.25, 0.3) is 0 Å². The van der Waals surface area contributed by atoms with Crippen molar-refractivity contribution in [1.82, 2.24) is 0 Å². The summed E-state index contributed by atoms with van der Waals surface area (Å²) in [5, 5.41) is -0.116. The van der Waals surface area contributed by atoms with E-state index in [4.69, 9.17) is 4.42 Å². The lowest BCUT2D eigenvalue weighted by Crippen LogP contribution is -1.97. The SMILES string of the molecule is Cc1ccc(SC(F)(F)F)o1. The Morgan fingerprint density at radius 2 is 2.00 bits per heavy atom. The van der Waals surface area contributed by atoms with E-state index < -0.39 is 5.51 Å². The van der Waals surface area contributed by atoms with Crippen molar-refractivity contribution in [3.63, 3.8) is 0 Å². The van der Waals surface area contributed by atoms with Gasteiger partial charge >= 0.3 is 5.51 Å². The molecule has 1 aromatic heterocycles. The van der Waals surface area contributed by atoms with Crippen LogP contribution >= 0.6 is 11.8 Å². The van der Waals surface area contributed by atoms with Crippen LogP contribution in [0.2, 0.25) is 0 Å². The minimum atomic E-state index is -4.26. The van der Waals surface area contributed by atoms with E-state index in [0.717, 1.165) is 0 Å². The van der Waals surface area contributed by atoms with Crippen LogP contribution in [-0.2, 0) is 0 Å². The van der Waals surface area contributed by atoms with E-state index in [1.54, 1.807) is 6.92 Å². The maximum atomic E-state index is 11.7. The highest BCUT2D eigenvalue weighted by molar-refractivity contribution is 8.00. The molecule has 0 saturated heterocycles. The van der Waals surface area contributed by atoms with Gasteiger partial charge in [-0.1, -0.05) is 0 Å². The molecule has 0 aliphatic carbocycles. The third-order valence-electron chi connectivity index (χ3n) is 0.932. The second-order valence-electron chi connectivity index (χ2n) is 1.91. The van der Waals surface area contributed by atoms with Crippen molar-refractivity contribution in [2.75, 3.05) is 0 Å². The van der Waals surface area contributed by atoms with Crippen LogP contribution in [0.5, 0.6) is 0 Å². The summed E-state index contributed by atoms with van der Waals surface area (Å²) >= 11 is -0.245. The van der Waals surface area contributed by atoms with Crippen molar-refractivity contribution < 1.29 is 17.6 Å². The van der Waals surface area contributed by atoms with Gasteiger partial charge in [-0.3, -0.25) is 0 Å². The highest BCUT2D eigenvalue weighted by Gasteiger charge is 2.30. The molecule has 0 bridgehead atoms. The fraction of sp³-hybridized carbons (Fsp3) is 0.333. The number of halogens is 3. The van der Waals surface area contributed by atoms with Crippen LogP contribution in [0.3, 0.4) is 0 Å². The molecule has 1 heterocycles. The number of aryl methyl sites for hydroxylation is 1. The normalized spacial score (nSPS) is 12.0. The molecular weight excluding hydrogens is 177 g/mol. The van der Waals surface area contributed by atoms with Gasteiger partial charge in [0.05, 0.1) is 0 Å². The monoisotopic (exact) mass is 182 g/mol. The fourth-order valence-electron chi connectivity index (χ4n) is 0.581. The molecule has 0 N–H and O–H groups in total. The Morgan fingerprint density at radius 1 is 1.36 bits per heavy atom. The summed E-state index contributed by atoms with van der Waals surface area (Å²) in [7, 11) is 0. The molecule has 11 heavy (non-hydrogen) atoms. The average molecular weight is 182 g/mol. The van der Waals surface area contributed by atoms with Gasteiger partial charge in [-0.05, 0) is 19.1 Å². The number of thioether (sulfide) groups is 1. The highest BCUT2D eigenvalue weighted by atomic mass is 32.2. The predicted molar refractivity (Wildman–Crippen MR) is 35.4 cm³/mol. The van der Waals surface area contributed by atoms with Gasteiger partial charge in [0.15, 0.2) is 5.09 Å². The van der Waals surface area contributed by atoms with E-state index in [0.29, 0.717) is 5.76 Å². The third kappa shape index (κ3) is 2.88. The van der Waals surface area contributed by atoms with E-state index in [9.17, 15) is 13.2 Å². The van der Waals surface area contributed by atoms with Crippen LogP contribution in [0.1, 0.15) is 5.76 Å². The Labute approximate surface area is 65.6 Å². The minimum Gasteiger partial charge on any atom is -0.455 e. The molecule has 1 nitrogen and oxygen atoms in total. The average Bonchev–Trinajstić information content (AvgIpc) is 2.10. The summed E-state index contributed by atoms with van der Waals surface area (Å²) in [6.07, 6.45) is 0. The number of furan rings is 1. The molecule has 0 saturated carbocycles. The number of hydrogen-bond donors (Lipinski definition) is 0. The van der Waals surface area contributed by atoms with Gasteiger partial charge in [0, 0.05) is 11.8 Å². The van der Waals surface area contributed by atoms with E-state index in [-0.39, 0.29) is 16.9 Å². The molecule has 0 atom stereocenters. The van der Waals surface area contributed by atoms with E-state index in [2.05, 4.69) is 0 Å². The van der Waals surface area contributed by atoms with Crippen LogP contribution in [0, 0.1) is 6.92 Å². The molecule has 1 rings (SSSR count). The molecule has 0 spiro atoms. The van der Waals surface area contributed by atoms with Crippen LogP contribution in [0.15, 0.2) is 21.6 Å². The first-order valence-corrected chi connectivity index (χ1v) is 3.61. The van der Waals surface area contributed by atoms with Gasteiger partial charge < -0.3 is 4.42 Å². The van der Waals surface area contributed by atoms with Gasteiger partial charge in [-0.2, -0.15) is 13.2 Å². The van der Waals surface area contributed by atoms with Crippen molar-refractivity contribution in [1.29, 1.82) is 0 Å². The van der Waals surface area contributed by atoms with Crippen molar-refractivity contribution in [3.05, 3.63) is 17.9 Å². The Kier molecular flexibility index (Phi) is 2.17. The molecule has 0 unspecified atom stereocenters. The summed E-state index contributed by atoms with van der Waals surface area (Å²) < 4.78 is 39.7. The van der Waals surface area contributed by atoms with Crippen LogP contribution in [-0.4, -0.2) is 5.51 Å². The van der Waals surface area contributed by atoms with E-state index >= 15 is 0 Å². The third-order valence-corrected chi connectivity index (χ3v) is 1.58. The van der Waals surface area contributed by atoms with Gasteiger partial charge in [-0.15, -0.1) is 0 Å². The lowest BCUT2D eigenvalue weighted by molar-refractivity contribution is -0.0335. The second kappa shape index (κ2) is 2.81. The van der Waals surface area contributed by atoms with Gasteiger partial charge in [0.1, 0.15) is 5.76 Å². The fourth-order valence-corrected chi connectivity index (χ4v) is 1.12. The largest absolute Gasteiger partial charge is 0.455 e. The molecule has 0 aliphatic rings. The van der Waals surface area contributed by atoms with Crippen LogP contribution in [0.4, 0.5) is 13.2 Å². The molecule has 0 fully saturated rings. The maximum absolute atomic E-state index is 11.7. The number of rotatable bonds is 1. The molecule has 1 aromatic rings. The zero-order valence-corrected chi connectivity index (χ0v) is 6.42. The molecule has 62 valence electrons. The van der Waals surface area contributed by atoms with Crippen molar-refractivity contribution >= 4 is 11.8 Å². The summed E-state index contributed by atoms with van der Waals surface area (Å²) in [6.45, 7) is 1.60. The van der Waals surface area contributed by atoms with Crippen molar-refractivity contribution in [2.45, 2.75) is 17.5 Å².